The Hall–Kier alpha value is -5.67. The molecular formula is C34H43F3N8O5. The maximum atomic E-state index is 14.0. The minimum atomic E-state index is -5.08. The first-order valence-electron chi connectivity index (χ1n) is 15.4. The number of aliphatic imine (C=N–C) groups is 1. The van der Waals surface area contributed by atoms with Gasteiger partial charge < -0.3 is 38.7 Å². The Labute approximate surface area is 287 Å². The van der Waals surface area contributed by atoms with Crippen molar-refractivity contribution >= 4 is 46.3 Å². The fourth-order valence-corrected chi connectivity index (χ4v) is 4.80. The molecule has 0 heterocycles. The van der Waals surface area contributed by atoms with Gasteiger partial charge in [0.2, 0.25) is 17.7 Å². The zero-order chi connectivity index (χ0) is 37.8. The van der Waals surface area contributed by atoms with Gasteiger partial charge in [0, 0.05) is 12.1 Å². The number of guanidine groups is 1. The normalized spacial score (nSPS) is 13.1. The molecule has 13 nitrogen and oxygen atoms in total. The molecule has 0 aliphatic heterocycles. The first kappa shape index (κ1) is 40.5. The predicted octanol–water partition coefficient (Wildman–Crippen LogP) is 2.64. The predicted molar refractivity (Wildman–Crippen MR) is 184 cm³/mol. The second-order valence-electron chi connectivity index (χ2n) is 12.5. The maximum Gasteiger partial charge on any atom is 0.490 e. The van der Waals surface area contributed by atoms with Crippen LogP contribution in [0.1, 0.15) is 56.2 Å². The molecule has 0 spiro atoms. The highest BCUT2D eigenvalue weighted by molar-refractivity contribution is 5.95. The number of primary amides is 1. The molecule has 50 heavy (non-hydrogen) atoms. The van der Waals surface area contributed by atoms with Crippen LogP contribution in [0.2, 0.25) is 0 Å². The molecule has 0 aromatic heterocycles. The van der Waals surface area contributed by atoms with E-state index in [4.69, 9.17) is 38.2 Å². The molecule has 3 rings (SSSR count). The lowest BCUT2D eigenvalue weighted by Gasteiger charge is -2.33. The number of nitrogens with zero attached hydrogens (tertiary/aromatic N) is 1. The molecule has 270 valence electrons. The smallest absolute Gasteiger partial charge is 0.475 e. The van der Waals surface area contributed by atoms with Crippen molar-refractivity contribution in [2.24, 2.45) is 33.3 Å². The van der Waals surface area contributed by atoms with Crippen LogP contribution in [0.5, 0.6) is 0 Å². The van der Waals surface area contributed by atoms with Gasteiger partial charge in [0.1, 0.15) is 17.9 Å². The minimum absolute atomic E-state index is 0.0418. The molecule has 12 N–H and O–H groups in total. The van der Waals surface area contributed by atoms with Gasteiger partial charge in [-0.2, -0.15) is 13.2 Å². The Morgan fingerprint density at radius 3 is 1.94 bits per heavy atom. The van der Waals surface area contributed by atoms with Crippen LogP contribution in [-0.2, 0) is 25.6 Å². The zero-order valence-corrected chi connectivity index (χ0v) is 27.9. The first-order chi connectivity index (χ1) is 23.2. The van der Waals surface area contributed by atoms with Crippen molar-refractivity contribution in [3.05, 3.63) is 83.4 Å². The number of fused-ring (bicyclic) bond motifs is 1. The van der Waals surface area contributed by atoms with Crippen LogP contribution in [0.25, 0.3) is 10.8 Å². The van der Waals surface area contributed by atoms with Gasteiger partial charge in [0.15, 0.2) is 5.96 Å². The summed E-state index contributed by atoms with van der Waals surface area (Å²) in [6, 6.07) is 19.0. The lowest BCUT2D eigenvalue weighted by molar-refractivity contribution is -0.192. The van der Waals surface area contributed by atoms with E-state index in [2.05, 4.69) is 15.6 Å². The molecule has 3 atom stereocenters. The summed E-state index contributed by atoms with van der Waals surface area (Å²) in [6.07, 6.45) is -4.08. The number of halogens is 3. The standard InChI is InChI=1S/C32H42N8O3.C2HF3O2/c1-32(2,3)26(30(43)39-25(28(35)41)9-6-16-38-31(36)37)40-29(42)24(17-19-10-12-21(13-11-19)27(33)34)23-15-14-20-7-4-5-8-22(20)18-23;3-2(4,5)1(6)7/h4-5,7-8,10-15,18,24-26H,6,9,16-17H2,1-3H3,(H3,33,34)(H2,35,41)(H,39,43)(H,40,42)(H4,36,37,38);(H,6,7)/t24-,25?,26+;/m0./s1. The Morgan fingerprint density at radius 1 is 0.860 bits per heavy atom. The van der Waals surface area contributed by atoms with E-state index in [-0.39, 0.29) is 30.7 Å². The molecular weight excluding hydrogens is 657 g/mol. The Morgan fingerprint density at radius 2 is 1.44 bits per heavy atom. The largest absolute Gasteiger partial charge is 0.490 e. The van der Waals surface area contributed by atoms with E-state index in [1.165, 1.54) is 0 Å². The van der Waals surface area contributed by atoms with E-state index >= 15 is 0 Å². The summed E-state index contributed by atoms with van der Waals surface area (Å²) in [6.45, 7) is 5.78. The molecule has 3 amide bonds. The number of carbonyl (C=O) groups excluding carboxylic acids is 3. The number of nitrogens with one attached hydrogen (secondary N) is 3. The van der Waals surface area contributed by atoms with E-state index in [1.807, 2.05) is 75.4 Å². The van der Waals surface area contributed by atoms with Crippen LogP contribution in [0, 0.1) is 10.8 Å². The van der Waals surface area contributed by atoms with Crippen molar-refractivity contribution < 1.29 is 37.5 Å². The Bertz CT molecular complexity index is 1700. The number of benzene rings is 3. The van der Waals surface area contributed by atoms with E-state index in [0.717, 1.165) is 21.9 Å². The van der Waals surface area contributed by atoms with Crippen LogP contribution in [-0.4, -0.2) is 65.4 Å². The maximum absolute atomic E-state index is 14.0. The first-order valence-corrected chi connectivity index (χ1v) is 15.4. The van der Waals surface area contributed by atoms with Crippen LogP contribution >= 0.6 is 0 Å². The van der Waals surface area contributed by atoms with Crippen LogP contribution in [0.4, 0.5) is 13.2 Å². The number of nitrogens with two attached hydrogens (primary N) is 4. The number of carboxylic acid groups (broad SMARTS) is 1. The zero-order valence-electron chi connectivity index (χ0n) is 27.9. The molecule has 0 aliphatic carbocycles. The number of rotatable bonds is 13. The van der Waals surface area contributed by atoms with Crippen LogP contribution in [0.3, 0.4) is 0 Å². The van der Waals surface area contributed by atoms with Crippen LogP contribution in [0.15, 0.2) is 71.7 Å². The fraction of sp³-hybridized carbons (Fsp3) is 0.353. The lowest BCUT2D eigenvalue weighted by atomic mass is 9.84. The number of carboxylic acids is 1. The number of nitrogen functional groups attached to an aromatic ring is 1. The number of alkyl halides is 3. The number of amides is 3. The molecule has 1 unspecified atom stereocenters. The fourth-order valence-electron chi connectivity index (χ4n) is 4.80. The molecule has 0 radical (unpaired) electrons. The van der Waals surface area contributed by atoms with Gasteiger partial charge in [-0.05, 0) is 46.6 Å². The van der Waals surface area contributed by atoms with Crippen molar-refractivity contribution in [3.8, 4) is 0 Å². The van der Waals surface area contributed by atoms with E-state index in [9.17, 15) is 27.6 Å². The second-order valence-corrected chi connectivity index (χ2v) is 12.5. The van der Waals surface area contributed by atoms with Gasteiger partial charge in [-0.1, -0.05) is 87.5 Å². The van der Waals surface area contributed by atoms with Crippen molar-refractivity contribution in [2.75, 3.05) is 6.54 Å². The van der Waals surface area contributed by atoms with Gasteiger partial charge in [-0.3, -0.25) is 24.8 Å². The van der Waals surface area contributed by atoms with E-state index < -0.39 is 47.4 Å². The number of hydrogen-bond acceptors (Lipinski definition) is 6. The van der Waals surface area contributed by atoms with Crippen molar-refractivity contribution in [3.63, 3.8) is 0 Å². The lowest BCUT2D eigenvalue weighted by Crippen LogP contribution is -2.58. The third-order valence-electron chi connectivity index (χ3n) is 7.46. The Kier molecular flexibility index (Phi) is 14.3. The third kappa shape index (κ3) is 12.7. The average Bonchev–Trinajstić information content (AvgIpc) is 3.02. The number of amidine groups is 1. The van der Waals surface area contributed by atoms with Crippen molar-refractivity contribution in [2.45, 2.75) is 64.2 Å². The Balaban J connectivity index is 0.00000112. The monoisotopic (exact) mass is 700 g/mol. The third-order valence-corrected chi connectivity index (χ3v) is 7.46. The van der Waals surface area contributed by atoms with Crippen LogP contribution < -0.4 is 33.6 Å². The topological polar surface area (TPSA) is 253 Å². The van der Waals surface area contributed by atoms with Crippen molar-refractivity contribution in [1.29, 1.82) is 5.41 Å². The molecule has 3 aromatic rings. The summed E-state index contributed by atoms with van der Waals surface area (Å²) in [5.41, 5.74) is 23.4. The highest BCUT2D eigenvalue weighted by Crippen LogP contribution is 2.28. The van der Waals surface area contributed by atoms with Gasteiger partial charge >= 0.3 is 12.1 Å². The quantitative estimate of drug-likeness (QED) is 0.0746. The summed E-state index contributed by atoms with van der Waals surface area (Å²) in [4.78, 5) is 52.5. The molecule has 0 aliphatic rings. The van der Waals surface area contributed by atoms with E-state index in [0.29, 0.717) is 18.4 Å². The highest BCUT2D eigenvalue weighted by Gasteiger charge is 2.38. The van der Waals surface area contributed by atoms with Crippen molar-refractivity contribution in [1.82, 2.24) is 10.6 Å². The molecule has 0 saturated heterocycles. The van der Waals surface area contributed by atoms with Gasteiger partial charge in [-0.25, -0.2) is 4.79 Å². The number of carbonyl (C=O) groups is 4. The molecule has 0 fully saturated rings. The SMILES string of the molecule is CC(C)(C)[C@H](NC(=O)[C@@H](Cc1ccc(C(=N)N)cc1)c1ccc2ccccc2c1)C(=O)NC(CCCN=C(N)N)C(N)=O.O=C(O)C(F)(F)F. The van der Waals surface area contributed by atoms with Gasteiger partial charge in [-0.15, -0.1) is 0 Å². The summed E-state index contributed by atoms with van der Waals surface area (Å²) < 4.78 is 31.7. The molecule has 3 aromatic carbocycles. The second kappa shape index (κ2) is 17.6. The van der Waals surface area contributed by atoms with Gasteiger partial charge in [0.05, 0.1) is 5.92 Å². The molecule has 0 saturated carbocycles. The summed E-state index contributed by atoms with van der Waals surface area (Å²) in [5.74, 6) is -5.06. The number of aliphatic carboxylic acids is 1. The summed E-state index contributed by atoms with van der Waals surface area (Å²) in [5, 5.41) is 22.5. The average molecular weight is 701 g/mol. The molecule has 16 heteroatoms. The van der Waals surface area contributed by atoms with E-state index in [1.54, 1.807) is 12.1 Å². The number of hydrogen-bond donors (Lipinski definition) is 8. The minimum Gasteiger partial charge on any atom is -0.475 e. The molecule has 0 bridgehead atoms. The highest BCUT2D eigenvalue weighted by atomic mass is 19.4. The summed E-state index contributed by atoms with van der Waals surface area (Å²) in [7, 11) is 0. The van der Waals surface area contributed by atoms with Gasteiger partial charge in [0.25, 0.3) is 0 Å². The summed E-state index contributed by atoms with van der Waals surface area (Å²) >= 11 is 0.